The van der Waals surface area contributed by atoms with Crippen LogP contribution >= 0.6 is 0 Å². The normalized spacial score (nSPS) is 12.9. The van der Waals surface area contributed by atoms with Crippen LogP contribution in [0.25, 0.3) is 0 Å². The van der Waals surface area contributed by atoms with Crippen LogP contribution in [0.15, 0.2) is 59.9 Å². The molecule has 0 amide bonds. The molecule has 1 heteroatoms. The Morgan fingerprint density at radius 1 is 1.18 bits per heavy atom. The molecule has 0 saturated carbocycles. The minimum atomic E-state index is 0.696. The van der Waals surface area contributed by atoms with Crippen molar-refractivity contribution in [1.29, 1.82) is 0 Å². The molecule has 0 N–H and O–H groups in total. The first-order valence-electron chi connectivity index (χ1n) is 6.01. The van der Waals surface area contributed by atoms with Crippen LogP contribution in [0.5, 0.6) is 0 Å². The number of rotatable bonds is 7. The van der Waals surface area contributed by atoms with E-state index in [1.165, 1.54) is 5.57 Å². The van der Waals surface area contributed by atoms with Crippen LogP contribution < -0.4 is 0 Å². The second-order valence-electron chi connectivity index (χ2n) is 4.03. The van der Waals surface area contributed by atoms with E-state index in [0.29, 0.717) is 12.4 Å². The molecule has 0 atom stereocenters. The van der Waals surface area contributed by atoms with Gasteiger partial charge >= 0.3 is 0 Å². The van der Waals surface area contributed by atoms with Gasteiger partial charge in [-0.2, -0.15) is 0 Å². The quantitative estimate of drug-likeness (QED) is 0.445. The van der Waals surface area contributed by atoms with Gasteiger partial charge in [0.1, 0.15) is 5.76 Å². The molecule has 0 radical (unpaired) electrons. The highest BCUT2D eigenvalue weighted by molar-refractivity contribution is 5.40. The third kappa shape index (κ3) is 7.40. The maximum atomic E-state index is 5.41. The number of allylic oxidation sites excluding steroid dienone is 7. The highest BCUT2D eigenvalue weighted by Crippen LogP contribution is 2.13. The summed E-state index contributed by atoms with van der Waals surface area (Å²) in [6.45, 7) is 16.7. The van der Waals surface area contributed by atoms with Crippen LogP contribution in [0.4, 0.5) is 0 Å². The summed E-state index contributed by atoms with van der Waals surface area (Å²) < 4.78 is 5.41. The SMILES string of the molecule is C=C(/C=C(\C)C(=C)/C=C\C(C)=C/C)OCCC. The van der Waals surface area contributed by atoms with Gasteiger partial charge in [0, 0.05) is 0 Å². The summed E-state index contributed by atoms with van der Waals surface area (Å²) >= 11 is 0. The molecule has 0 aliphatic carbocycles. The second kappa shape index (κ2) is 8.63. The average Bonchev–Trinajstić information content (AvgIpc) is 2.32. The van der Waals surface area contributed by atoms with Crippen molar-refractivity contribution in [3.63, 3.8) is 0 Å². The van der Waals surface area contributed by atoms with E-state index in [0.717, 1.165) is 17.6 Å². The summed E-state index contributed by atoms with van der Waals surface area (Å²) in [5, 5.41) is 0. The van der Waals surface area contributed by atoms with Gasteiger partial charge in [-0.1, -0.05) is 43.9 Å². The van der Waals surface area contributed by atoms with Gasteiger partial charge in [-0.25, -0.2) is 0 Å². The maximum Gasteiger partial charge on any atom is 0.112 e. The fraction of sp³-hybridized carbons (Fsp3) is 0.375. The van der Waals surface area contributed by atoms with Gasteiger partial charge in [-0.15, -0.1) is 0 Å². The Hall–Kier alpha value is -1.50. The topological polar surface area (TPSA) is 9.23 Å². The Labute approximate surface area is 106 Å². The van der Waals surface area contributed by atoms with Gasteiger partial charge in [-0.05, 0) is 44.4 Å². The Balaban J connectivity index is 4.44. The molecule has 94 valence electrons. The Morgan fingerprint density at radius 2 is 1.82 bits per heavy atom. The largest absolute Gasteiger partial charge is 0.494 e. The maximum absolute atomic E-state index is 5.41. The standard InChI is InChI=1S/C16H24O/c1-7-11-17-16(6)12-15(5)14(4)10-9-13(3)8-2/h8-10,12H,4,6-7,11H2,1-3,5H3/b10-9-,13-8-,15-12+. The monoisotopic (exact) mass is 232 g/mol. The lowest BCUT2D eigenvalue weighted by molar-refractivity contribution is 0.226. The molecule has 17 heavy (non-hydrogen) atoms. The Kier molecular flexibility index (Phi) is 7.87. The molecule has 0 aliphatic heterocycles. The predicted molar refractivity (Wildman–Crippen MR) is 76.9 cm³/mol. The fourth-order valence-electron chi connectivity index (χ4n) is 1.07. The van der Waals surface area contributed by atoms with Crippen molar-refractivity contribution < 1.29 is 4.74 Å². The van der Waals surface area contributed by atoms with Gasteiger partial charge < -0.3 is 4.74 Å². The Bertz CT molecular complexity index is 354. The molecule has 0 spiro atoms. The van der Waals surface area contributed by atoms with Crippen molar-refractivity contribution >= 4 is 0 Å². The number of ether oxygens (including phenoxy) is 1. The van der Waals surface area contributed by atoms with Crippen LogP contribution in [0.1, 0.15) is 34.1 Å². The fourth-order valence-corrected chi connectivity index (χ4v) is 1.07. The molecule has 0 bridgehead atoms. The number of hydrogen-bond acceptors (Lipinski definition) is 1. The average molecular weight is 232 g/mol. The second-order valence-corrected chi connectivity index (χ2v) is 4.03. The van der Waals surface area contributed by atoms with Gasteiger partial charge in [0.05, 0.1) is 6.61 Å². The predicted octanol–water partition coefficient (Wildman–Crippen LogP) is 4.95. The van der Waals surface area contributed by atoms with E-state index in [-0.39, 0.29) is 0 Å². The molecule has 0 saturated heterocycles. The van der Waals surface area contributed by atoms with E-state index in [9.17, 15) is 0 Å². The summed E-state index contributed by atoms with van der Waals surface area (Å²) in [6, 6.07) is 0. The van der Waals surface area contributed by atoms with Gasteiger partial charge in [0.25, 0.3) is 0 Å². The van der Waals surface area contributed by atoms with Gasteiger partial charge in [0.15, 0.2) is 0 Å². The van der Waals surface area contributed by atoms with Crippen molar-refractivity contribution in [2.75, 3.05) is 6.61 Å². The molecule has 0 heterocycles. The van der Waals surface area contributed by atoms with Crippen molar-refractivity contribution in [2.45, 2.75) is 34.1 Å². The first-order valence-corrected chi connectivity index (χ1v) is 6.01. The summed E-state index contributed by atoms with van der Waals surface area (Å²) in [5.41, 5.74) is 3.28. The first kappa shape index (κ1) is 15.5. The summed E-state index contributed by atoms with van der Waals surface area (Å²) in [4.78, 5) is 0. The third-order valence-corrected chi connectivity index (χ3v) is 2.38. The van der Waals surface area contributed by atoms with E-state index in [1.54, 1.807) is 0 Å². The summed E-state index contributed by atoms with van der Waals surface area (Å²) in [6.07, 6.45) is 9.04. The van der Waals surface area contributed by atoms with E-state index < -0.39 is 0 Å². The first-order chi connectivity index (χ1) is 8.01. The highest BCUT2D eigenvalue weighted by Gasteiger charge is 1.95. The van der Waals surface area contributed by atoms with Crippen molar-refractivity contribution in [3.8, 4) is 0 Å². The Morgan fingerprint density at radius 3 is 2.35 bits per heavy atom. The van der Waals surface area contributed by atoms with Crippen molar-refractivity contribution in [3.05, 3.63) is 59.9 Å². The molecule has 0 aliphatic rings. The molecule has 0 rings (SSSR count). The number of hydrogen-bond donors (Lipinski definition) is 0. The van der Waals surface area contributed by atoms with E-state index in [1.807, 2.05) is 26.0 Å². The van der Waals surface area contributed by atoms with Crippen LogP contribution in [0.2, 0.25) is 0 Å². The zero-order valence-electron chi connectivity index (χ0n) is 11.5. The van der Waals surface area contributed by atoms with Crippen LogP contribution in [-0.2, 0) is 4.74 Å². The highest BCUT2D eigenvalue weighted by atomic mass is 16.5. The lowest BCUT2D eigenvalue weighted by Gasteiger charge is -2.06. The minimum absolute atomic E-state index is 0.696. The molecular weight excluding hydrogens is 208 g/mol. The smallest absolute Gasteiger partial charge is 0.112 e. The van der Waals surface area contributed by atoms with Crippen LogP contribution in [-0.4, -0.2) is 6.61 Å². The molecule has 0 aromatic rings. The van der Waals surface area contributed by atoms with Crippen LogP contribution in [0.3, 0.4) is 0 Å². The van der Waals surface area contributed by atoms with Crippen molar-refractivity contribution in [2.24, 2.45) is 0 Å². The molecule has 0 fully saturated rings. The molecule has 0 unspecified atom stereocenters. The molecular formula is C16H24O. The summed E-state index contributed by atoms with van der Waals surface area (Å²) in [5.74, 6) is 0.696. The molecule has 1 nitrogen and oxygen atoms in total. The zero-order valence-corrected chi connectivity index (χ0v) is 11.5. The molecule has 0 aromatic carbocycles. The lowest BCUT2D eigenvalue weighted by Crippen LogP contribution is -1.91. The summed E-state index contributed by atoms with van der Waals surface area (Å²) in [7, 11) is 0. The third-order valence-electron chi connectivity index (χ3n) is 2.38. The van der Waals surface area contributed by atoms with Crippen molar-refractivity contribution in [1.82, 2.24) is 0 Å². The van der Waals surface area contributed by atoms with E-state index in [2.05, 4.69) is 39.2 Å². The minimum Gasteiger partial charge on any atom is -0.494 e. The lowest BCUT2D eigenvalue weighted by atomic mass is 10.1. The molecule has 0 aromatic heterocycles. The van der Waals surface area contributed by atoms with Gasteiger partial charge in [0.2, 0.25) is 0 Å². The van der Waals surface area contributed by atoms with Crippen LogP contribution in [0, 0.1) is 0 Å². The zero-order chi connectivity index (χ0) is 13.3. The van der Waals surface area contributed by atoms with E-state index in [4.69, 9.17) is 4.74 Å². The van der Waals surface area contributed by atoms with Gasteiger partial charge in [-0.3, -0.25) is 0 Å². The van der Waals surface area contributed by atoms with E-state index >= 15 is 0 Å².